The second-order valence-corrected chi connectivity index (χ2v) is 8.83. The lowest BCUT2D eigenvalue weighted by Gasteiger charge is -2.54. The van der Waals surface area contributed by atoms with Gasteiger partial charge in [0.05, 0.1) is 29.6 Å². The van der Waals surface area contributed by atoms with Crippen molar-refractivity contribution >= 4 is 34.2 Å². The van der Waals surface area contributed by atoms with E-state index in [1.165, 1.54) is 41.4 Å². The van der Waals surface area contributed by atoms with E-state index >= 15 is 0 Å². The number of nitrogens with one attached hydrogen (secondary N) is 1. The van der Waals surface area contributed by atoms with Crippen LogP contribution in [0.3, 0.4) is 0 Å². The molecule has 2 aliphatic rings. The van der Waals surface area contributed by atoms with Crippen molar-refractivity contribution in [3.8, 4) is 0 Å². The van der Waals surface area contributed by atoms with Crippen LogP contribution < -0.4 is 16.7 Å². The SMILES string of the molecule is COCCn1c(=O)n(C2CC3(CCC3)C2)c(=O)c2c(C)c(/C=N/NC=O)sc21. The number of aromatic nitrogens is 2. The molecule has 9 heteroatoms. The normalized spacial score (nSPS) is 18.5. The Morgan fingerprint density at radius 1 is 1.36 bits per heavy atom. The van der Waals surface area contributed by atoms with Crippen molar-refractivity contribution in [2.45, 2.75) is 51.6 Å². The number of nitrogens with zero attached hydrogens (tertiary/aromatic N) is 3. The van der Waals surface area contributed by atoms with Gasteiger partial charge in [0.2, 0.25) is 6.41 Å². The number of amides is 1. The Bertz CT molecular complexity index is 1050. The van der Waals surface area contributed by atoms with Crippen LogP contribution >= 0.6 is 11.3 Å². The van der Waals surface area contributed by atoms with Gasteiger partial charge in [-0.2, -0.15) is 5.10 Å². The molecule has 2 saturated carbocycles. The zero-order valence-corrected chi connectivity index (χ0v) is 16.9. The molecule has 0 atom stereocenters. The third kappa shape index (κ3) is 2.93. The number of thiophene rings is 1. The van der Waals surface area contributed by atoms with Gasteiger partial charge in [-0.3, -0.25) is 18.7 Å². The second kappa shape index (κ2) is 7.29. The molecule has 0 unspecified atom stereocenters. The lowest BCUT2D eigenvalue weighted by atomic mass is 9.54. The van der Waals surface area contributed by atoms with Crippen molar-refractivity contribution in [2.24, 2.45) is 10.5 Å². The standard InChI is InChI=1S/C19H24N4O4S/c1-12-14(10-20-21-11-24)28-17-15(12)16(25)23(18(26)22(17)6-7-27-2)13-8-19(9-13)4-3-5-19/h10-11,13H,3-9H2,1-2H3,(H,21,24)/b20-10+. The molecule has 2 fully saturated rings. The molecule has 2 heterocycles. The first-order valence-corrected chi connectivity index (χ1v) is 10.3. The highest BCUT2D eigenvalue weighted by Crippen LogP contribution is 2.59. The highest BCUT2D eigenvalue weighted by Gasteiger charge is 2.49. The van der Waals surface area contributed by atoms with Gasteiger partial charge in [0.1, 0.15) is 4.83 Å². The number of hydrogen-bond acceptors (Lipinski definition) is 6. The number of ether oxygens (including phenoxy) is 1. The van der Waals surface area contributed by atoms with Gasteiger partial charge in [-0.05, 0) is 43.6 Å². The number of aryl methyl sites for hydroxylation is 1. The van der Waals surface area contributed by atoms with E-state index in [1.54, 1.807) is 11.7 Å². The van der Waals surface area contributed by atoms with Crippen molar-refractivity contribution in [2.75, 3.05) is 13.7 Å². The van der Waals surface area contributed by atoms with Crippen molar-refractivity contribution in [3.63, 3.8) is 0 Å². The van der Waals surface area contributed by atoms with Crippen molar-refractivity contribution in [3.05, 3.63) is 31.3 Å². The van der Waals surface area contributed by atoms with Crippen LogP contribution in [0, 0.1) is 12.3 Å². The molecule has 4 rings (SSSR count). The van der Waals surface area contributed by atoms with Gasteiger partial charge in [0, 0.05) is 13.2 Å². The van der Waals surface area contributed by atoms with Crippen molar-refractivity contribution < 1.29 is 9.53 Å². The molecule has 0 saturated heterocycles. The van der Waals surface area contributed by atoms with Crippen LogP contribution in [-0.2, 0) is 16.1 Å². The lowest BCUT2D eigenvalue weighted by Crippen LogP contribution is -2.51. The Labute approximate surface area is 165 Å². The lowest BCUT2D eigenvalue weighted by molar-refractivity contribution is -0.109. The zero-order valence-electron chi connectivity index (χ0n) is 16.1. The fraction of sp³-hybridized carbons (Fsp3) is 0.579. The minimum Gasteiger partial charge on any atom is -0.383 e. The summed E-state index contributed by atoms with van der Waals surface area (Å²) in [5, 5.41) is 4.39. The third-order valence-corrected chi connectivity index (χ3v) is 7.47. The fourth-order valence-corrected chi connectivity index (χ4v) is 5.73. The zero-order chi connectivity index (χ0) is 19.9. The predicted octanol–water partition coefficient (Wildman–Crippen LogP) is 1.76. The van der Waals surface area contributed by atoms with E-state index in [1.807, 2.05) is 6.92 Å². The quantitative estimate of drug-likeness (QED) is 0.432. The van der Waals surface area contributed by atoms with E-state index in [-0.39, 0.29) is 17.3 Å². The summed E-state index contributed by atoms with van der Waals surface area (Å²) in [7, 11) is 1.59. The summed E-state index contributed by atoms with van der Waals surface area (Å²) < 4.78 is 8.29. The van der Waals surface area contributed by atoms with Crippen LogP contribution in [0.2, 0.25) is 0 Å². The van der Waals surface area contributed by atoms with Crippen LogP contribution in [0.15, 0.2) is 14.7 Å². The highest BCUT2D eigenvalue weighted by molar-refractivity contribution is 7.20. The molecule has 1 amide bonds. The average molecular weight is 404 g/mol. The first-order chi connectivity index (χ1) is 13.5. The van der Waals surface area contributed by atoms with Gasteiger partial charge < -0.3 is 4.74 Å². The minimum atomic E-state index is -0.260. The molecular formula is C19H24N4O4S. The van der Waals surface area contributed by atoms with Gasteiger partial charge in [-0.15, -0.1) is 11.3 Å². The number of methoxy groups -OCH3 is 1. The molecule has 0 bridgehead atoms. The van der Waals surface area contributed by atoms with Crippen LogP contribution in [-0.4, -0.2) is 35.5 Å². The summed E-state index contributed by atoms with van der Waals surface area (Å²) in [4.78, 5) is 38.3. The van der Waals surface area contributed by atoms with Crippen LogP contribution in [0.25, 0.3) is 10.2 Å². The summed E-state index contributed by atoms with van der Waals surface area (Å²) in [6.45, 7) is 2.62. The molecule has 0 radical (unpaired) electrons. The number of hydrazone groups is 1. The molecule has 0 aliphatic heterocycles. The first-order valence-electron chi connectivity index (χ1n) is 9.51. The molecule has 1 spiro atoms. The summed E-state index contributed by atoms with van der Waals surface area (Å²) in [5.74, 6) is 0. The monoisotopic (exact) mass is 404 g/mol. The third-order valence-electron chi connectivity index (χ3n) is 6.22. The Morgan fingerprint density at radius 2 is 2.11 bits per heavy atom. The molecule has 2 aliphatic carbocycles. The van der Waals surface area contributed by atoms with Gasteiger partial charge in [0.25, 0.3) is 5.56 Å². The molecule has 28 heavy (non-hydrogen) atoms. The van der Waals surface area contributed by atoms with Gasteiger partial charge in [0.15, 0.2) is 0 Å². The molecule has 2 aromatic heterocycles. The largest absolute Gasteiger partial charge is 0.383 e. The number of fused-ring (bicyclic) bond motifs is 1. The Balaban J connectivity index is 1.85. The maximum absolute atomic E-state index is 13.3. The topological polar surface area (TPSA) is 94.7 Å². The number of carbonyl (C=O) groups is 1. The number of hydrogen-bond donors (Lipinski definition) is 1. The van der Waals surface area contributed by atoms with Crippen LogP contribution in [0.4, 0.5) is 0 Å². The predicted molar refractivity (Wildman–Crippen MR) is 108 cm³/mol. The Kier molecular flexibility index (Phi) is 4.96. The smallest absolute Gasteiger partial charge is 0.332 e. The Hall–Kier alpha value is -2.26. The van der Waals surface area contributed by atoms with Gasteiger partial charge >= 0.3 is 5.69 Å². The summed E-state index contributed by atoms with van der Waals surface area (Å²) in [6.07, 6.45) is 7.49. The highest BCUT2D eigenvalue weighted by atomic mass is 32.1. The van der Waals surface area contributed by atoms with E-state index in [0.29, 0.717) is 35.2 Å². The van der Waals surface area contributed by atoms with Gasteiger partial charge in [-0.25, -0.2) is 10.2 Å². The molecule has 1 N–H and O–H groups in total. The molecule has 0 aromatic carbocycles. The molecule has 150 valence electrons. The second-order valence-electron chi connectivity index (χ2n) is 7.79. The van der Waals surface area contributed by atoms with Crippen molar-refractivity contribution in [1.29, 1.82) is 0 Å². The van der Waals surface area contributed by atoms with Gasteiger partial charge in [-0.1, -0.05) is 6.42 Å². The maximum atomic E-state index is 13.3. The average Bonchev–Trinajstić information content (AvgIpc) is 2.92. The van der Waals surface area contributed by atoms with E-state index in [0.717, 1.165) is 23.3 Å². The summed E-state index contributed by atoms with van der Waals surface area (Å²) in [5.41, 5.74) is 2.90. The Morgan fingerprint density at radius 3 is 2.71 bits per heavy atom. The number of rotatable bonds is 7. The summed E-state index contributed by atoms with van der Waals surface area (Å²) >= 11 is 1.33. The maximum Gasteiger partial charge on any atom is 0.332 e. The summed E-state index contributed by atoms with van der Waals surface area (Å²) in [6, 6.07) is -0.0216. The fourth-order valence-electron chi connectivity index (χ4n) is 4.54. The van der Waals surface area contributed by atoms with E-state index in [4.69, 9.17) is 4.74 Å². The van der Waals surface area contributed by atoms with Crippen LogP contribution in [0.1, 0.15) is 48.6 Å². The van der Waals surface area contributed by atoms with Crippen molar-refractivity contribution in [1.82, 2.24) is 14.6 Å². The molecular weight excluding hydrogens is 380 g/mol. The first kappa shape index (κ1) is 19.1. The molecule has 2 aromatic rings. The van der Waals surface area contributed by atoms with E-state index in [2.05, 4.69) is 10.5 Å². The number of carbonyl (C=O) groups excluding carboxylic acids is 1. The van der Waals surface area contributed by atoms with Crippen LogP contribution in [0.5, 0.6) is 0 Å². The van der Waals surface area contributed by atoms with E-state index in [9.17, 15) is 14.4 Å². The van der Waals surface area contributed by atoms with E-state index < -0.39 is 0 Å². The molecule has 8 nitrogen and oxygen atoms in total. The minimum absolute atomic E-state index is 0.0216.